The van der Waals surface area contributed by atoms with E-state index in [9.17, 15) is 18.3 Å². The molecule has 1 aromatic heterocycles. The van der Waals surface area contributed by atoms with E-state index in [4.69, 9.17) is 4.74 Å². The molecule has 0 fully saturated rings. The van der Waals surface area contributed by atoms with Crippen LogP contribution < -0.4 is 10.0 Å². The number of benzene rings is 2. The van der Waals surface area contributed by atoms with Crippen LogP contribution in [0.15, 0.2) is 60.8 Å². The molecule has 1 amide bonds. The number of ether oxygens (including phenoxy) is 1. The Labute approximate surface area is 204 Å². The average molecular weight is 504 g/mol. The second-order valence-electron chi connectivity index (χ2n) is 8.66. The summed E-state index contributed by atoms with van der Waals surface area (Å²) in [5.74, 6) is -0.186. The smallest absolute Gasteiger partial charge is 0.413 e. The fourth-order valence-electron chi connectivity index (χ4n) is 3.32. The number of hydrogen-bond donors (Lipinski definition) is 3. The maximum Gasteiger partial charge on any atom is 0.413 e. The summed E-state index contributed by atoms with van der Waals surface area (Å²) in [6.07, 6.45) is 1.26. The van der Waals surface area contributed by atoms with E-state index in [0.717, 1.165) is 16.9 Å². The summed E-state index contributed by atoms with van der Waals surface area (Å²) in [7, 11) is -3.75. The van der Waals surface area contributed by atoms with Gasteiger partial charge in [-0.15, -0.1) is 0 Å². The maximum atomic E-state index is 13.1. The standard InChI is InChI=1S/C24H29N3O5S2/c1-24(2,3)32-23(29)26-22-25-15-20(33-22)21(19-12-8-7-11-18(19)13-14-28)27-34(30,31)16-17-9-5-4-6-10-17/h4-12,15,21,27-28H,13-14,16H2,1-3H3,(H,25,26,29)/t21-/m0/s1. The van der Waals surface area contributed by atoms with Crippen LogP contribution in [0.5, 0.6) is 0 Å². The normalized spacial score (nSPS) is 12.8. The molecule has 0 aliphatic heterocycles. The lowest BCUT2D eigenvalue weighted by Gasteiger charge is -2.21. The van der Waals surface area contributed by atoms with Crippen molar-refractivity contribution in [2.45, 2.75) is 44.6 Å². The third kappa shape index (κ3) is 7.63. The summed E-state index contributed by atoms with van der Waals surface area (Å²) in [5.41, 5.74) is 1.52. The number of aromatic nitrogens is 1. The summed E-state index contributed by atoms with van der Waals surface area (Å²) < 4.78 is 34.3. The first kappa shape index (κ1) is 25.8. The third-order valence-corrected chi connectivity index (χ3v) is 6.95. The topological polar surface area (TPSA) is 118 Å². The summed E-state index contributed by atoms with van der Waals surface area (Å²) in [4.78, 5) is 17.0. The van der Waals surface area contributed by atoms with Crippen LogP contribution in [0.2, 0.25) is 0 Å². The highest BCUT2D eigenvalue weighted by molar-refractivity contribution is 7.88. The molecule has 1 heterocycles. The first-order valence-electron chi connectivity index (χ1n) is 10.7. The minimum Gasteiger partial charge on any atom is -0.444 e. The molecule has 182 valence electrons. The molecule has 10 heteroatoms. The summed E-state index contributed by atoms with van der Waals surface area (Å²) in [5, 5.41) is 12.4. The quantitative estimate of drug-likeness (QED) is 0.402. The zero-order valence-corrected chi connectivity index (χ0v) is 20.9. The Bertz CT molecular complexity index is 1200. The Morgan fingerprint density at radius 2 is 1.79 bits per heavy atom. The molecular weight excluding hydrogens is 474 g/mol. The molecule has 34 heavy (non-hydrogen) atoms. The van der Waals surface area contributed by atoms with E-state index in [1.165, 1.54) is 6.20 Å². The first-order valence-corrected chi connectivity index (χ1v) is 13.2. The fraction of sp³-hybridized carbons (Fsp3) is 0.333. The zero-order valence-electron chi connectivity index (χ0n) is 19.3. The molecule has 0 bridgehead atoms. The molecule has 0 saturated heterocycles. The number of nitrogens with one attached hydrogen (secondary N) is 2. The summed E-state index contributed by atoms with van der Waals surface area (Å²) in [6.45, 7) is 5.20. The van der Waals surface area contributed by atoms with E-state index < -0.39 is 27.8 Å². The number of rotatable bonds is 9. The molecule has 0 aliphatic rings. The Morgan fingerprint density at radius 1 is 1.12 bits per heavy atom. The summed E-state index contributed by atoms with van der Waals surface area (Å²) >= 11 is 1.15. The van der Waals surface area contributed by atoms with Crippen molar-refractivity contribution in [1.82, 2.24) is 9.71 Å². The van der Waals surface area contributed by atoms with E-state index in [1.807, 2.05) is 30.3 Å². The van der Waals surface area contributed by atoms with Gasteiger partial charge in [-0.25, -0.2) is 22.9 Å². The number of amides is 1. The van der Waals surface area contributed by atoms with Gasteiger partial charge in [-0.3, -0.25) is 5.32 Å². The van der Waals surface area contributed by atoms with E-state index in [1.54, 1.807) is 45.0 Å². The Hall–Kier alpha value is -2.79. The number of aliphatic hydroxyl groups is 1. The second kappa shape index (κ2) is 11.1. The molecule has 0 aliphatic carbocycles. The number of aliphatic hydroxyl groups excluding tert-OH is 1. The van der Waals surface area contributed by atoms with Gasteiger partial charge in [-0.2, -0.15) is 0 Å². The first-order chi connectivity index (χ1) is 16.1. The van der Waals surface area contributed by atoms with Crippen LogP contribution in [0.4, 0.5) is 9.93 Å². The lowest BCUT2D eigenvalue weighted by Crippen LogP contribution is -2.30. The number of hydrogen-bond acceptors (Lipinski definition) is 7. The van der Waals surface area contributed by atoms with Crippen molar-refractivity contribution in [3.63, 3.8) is 0 Å². The highest BCUT2D eigenvalue weighted by Crippen LogP contribution is 2.32. The van der Waals surface area contributed by atoms with Crippen molar-refractivity contribution >= 4 is 32.6 Å². The van der Waals surface area contributed by atoms with Crippen LogP contribution in [-0.2, 0) is 26.9 Å². The number of nitrogens with zero attached hydrogens (tertiary/aromatic N) is 1. The van der Waals surface area contributed by atoms with E-state index >= 15 is 0 Å². The molecule has 0 unspecified atom stereocenters. The fourth-order valence-corrected chi connectivity index (χ4v) is 5.60. The average Bonchev–Trinajstić information content (AvgIpc) is 3.20. The monoisotopic (exact) mass is 503 g/mol. The number of anilines is 1. The minimum atomic E-state index is -3.75. The lowest BCUT2D eigenvalue weighted by molar-refractivity contribution is 0.0636. The third-order valence-electron chi connectivity index (χ3n) is 4.66. The predicted octanol–water partition coefficient (Wildman–Crippen LogP) is 4.23. The Kier molecular flexibility index (Phi) is 8.42. The van der Waals surface area contributed by atoms with E-state index in [0.29, 0.717) is 22.4 Å². The van der Waals surface area contributed by atoms with Crippen molar-refractivity contribution in [2.75, 3.05) is 11.9 Å². The van der Waals surface area contributed by atoms with Gasteiger partial charge in [0.2, 0.25) is 10.0 Å². The molecule has 3 aromatic rings. The maximum absolute atomic E-state index is 13.1. The molecule has 0 saturated carbocycles. The highest BCUT2D eigenvalue weighted by Gasteiger charge is 2.26. The molecule has 0 radical (unpaired) electrons. The molecule has 0 spiro atoms. The molecule has 2 aromatic carbocycles. The highest BCUT2D eigenvalue weighted by atomic mass is 32.2. The van der Waals surface area contributed by atoms with Gasteiger partial charge in [0.05, 0.1) is 11.8 Å². The second-order valence-corrected chi connectivity index (χ2v) is 11.5. The van der Waals surface area contributed by atoms with Gasteiger partial charge in [0, 0.05) is 17.7 Å². The number of sulfonamides is 1. The van der Waals surface area contributed by atoms with Crippen LogP contribution in [0, 0.1) is 0 Å². The van der Waals surface area contributed by atoms with Gasteiger partial charge in [0.25, 0.3) is 0 Å². The molecule has 1 atom stereocenters. The number of thiazole rings is 1. The van der Waals surface area contributed by atoms with Crippen LogP contribution in [0.25, 0.3) is 0 Å². The molecule has 8 nitrogen and oxygen atoms in total. The van der Waals surface area contributed by atoms with E-state index in [2.05, 4.69) is 15.0 Å². The SMILES string of the molecule is CC(C)(C)OC(=O)Nc1ncc([C@@H](NS(=O)(=O)Cc2ccccc2)c2ccccc2CCO)s1. The van der Waals surface area contributed by atoms with Crippen molar-refractivity contribution in [3.8, 4) is 0 Å². The molecule has 3 N–H and O–H groups in total. The van der Waals surface area contributed by atoms with Crippen LogP contribution >= 0.6 is 11.3 Å². The largest absolute Gasteiger partial charge is 0.444 e. The van der Waals surface area contributed by atoms with E-state index in [-0.39, 0.29) is 17.5 Å². The minimum absolute atomic E-state index is 0.0748. The Morgan fingerprint density at radius 3 is 2.47 bits per heavy atom. The van der Waals surface area contributed by atoms with Crippen molar-refractivity contribution < 1.29 is 23.1 Å². The zero-order chi connectivity index (χ0) is 24.8. The number of carbonyl (C=O) groups excluding carboxylic acids is 1. The van der Waals surface area contributed by atoms with Gasteiger partial charge in [0.1, 0.15) is 5.60 Å². The van der Waals surface area contributed by atoms with Crippen LogP contribution in [0.3, 0.4) is 0 Å². The van der Waals surface area contributed by atoms with Crippen molar-refractivity contribution in [2.24, 2.45) is 0 Å². The van der Waals surface area contributed by atoms with Crippen molar-refractivity contribution in [3.05, 3.63) is 82.4 Å². The van der Waals surface area contributed by atoms with Gasteiger partial charge in [-0.05, 0) is 43.9 Å². The van der Waals surface area contributed by atoms with Gasteiger partial charge in [-0.1, -0.05) is 65.9 Å². The van der Waals surface area contributed by atoms with Gasteiger partial charge >= 0.3 is 6.09 Å². The predicted molar refractivity (Wildman–Crippen MR) is 133 cm³/mol. The Balaban J connectivity index is 1.92. The molecular formula is C24H29N3O5S2. The van der Waals surface area contributed by atoms with Gasteiger partial charge < -0.3 is 9.84 Å². The number of carbonyl (C=O) groups is 1. The van der Waals surface area contributed by atoms with Crippen LogP contribution in [0.1, 0.15) is 48.4 Å². The lowest BCUT2D eigenvalue weighted by atomic mass is 9.98. The van der Waals surface area contributed by atoms with Crippen molar-refractivity contribution in [1.29, 1.82) is 0 Å². The summed E-state index contributed by atoms with van der Waals surface area (Å²) in [6, 6.07) is 15.5. The molecule has 3 rings (SSSR count). The van der Waals surface area contributed by atoms with Crippen LogP contribution in [-0.4, -0.2) is 36.8 Å². The van der Waals surface area contributed by atoms with Gasteiger partial charge in [0.15, 0.2) is 5.13 Å².